The van der Waals surface area contributed by atoms with Crippen molar-refractivity contribution in [1.29, 1.82) is 0 Å². The van der Waals surface area contributed by atoms with E-state index in [1.165, 1.54) is 89.0 Å². The van der Waals surface area contributed by atoms with Gasteiger partial charge >= 0.3 is 5.97 Å². The molecule has 0 unspecified atom stereocenters. The maximum atomic E-state index is 11.5. The van der Waals surface area contributed by atoms with Crippen LogP contribution in [0.3, 0.4) is 0 Å². The second-order valence-electron chi connectivity index (χ2n) is 8.52. The van der Waals surface area contributed by atoms with Crippen LogP contribution in [-0.2, 0) is 6.42 Å². The van der Waals surface area contributed by atoms with Gasteiger partial charge in [-0.15, -0.1) is 0 Å². The number of aromatic carboxylic acids is 1. The summed E-state index contributed by atoms with van der Waals surface area (Å²) in [5.74, 6) is -0.410. The van der Waals surface area contributed by atoms with Crippen LogP contribution in [0.5, 0.6) is 5.75 Å². The molecule has 1 aromatic carbocycles. The minimum absolute atomic E-state index is 0. The summed E-state index contributed by atoms with van der Waals surface area (Å²) in [4.78, 5) is 11.5. The number of rotatable bonds is 17. The number of carboxylic acids is 1. The number of carboxylic acid groups (broad SMARTS) is 1. The van der Waals surface area contributed by atoms with Gasteiger partial charge < -0.3 is 16.0 Å². The van der Waals surface area contributed by atoms with Crippen molar-refractivity contribution in [3.8, 4) is 5.75 Å². The first-order chi connectivity index (χ1) is 14.0. The third kappa shape index (κ3) is 10.5. The highest BCUT2D eigenvalue weighted by molar-refractivity contribution is 5.92. The lowest BCUT2D eigenvalue weighted by molar-refractivity contribution is 0.0693. The summed E-state index contributed by atoms with van der Waals surface area (Å²) in [5.41, 5.74) is 3.56. The lowest BCUT2D eigenvalue weighted by Gasteiger charge is -2.15. The van der Waals surface area contributed by atoms with Crippen molar-refractivity contribution in [2.75, 3.05) is 7.11 Å². The van der Waals surface area contributed by atoms with E-state index in [0.717, 1.165) is 24.0 Å². The van der Waals surface area contributed by atoms with Gasteiger partial charge in [-0.3, -0.25) is 0 Å². The average molecular weight is 422 g/mol. The molecule has 0 heterocycles. The monoisotopic (exact) mass is 421 g/mol. The van der Waals surface area contributed by atoms with Crippen molar-refractivity contribution in [2.24, 2.45) is 0 Å². The zero-order valence-corrected chi connectivity index (χ0v) is 20.2. The number of methoxy groups -OCH3 is 1. The van der Waals surface area contributed by atoms with E-state index in [9.17, 15) is 9.90 Å². The third-order valence-electron chi connectivity index (χ3n) is 6.18. The van der Waals surface area contributed by atoms with Crippen LogP contribution >= 0.6 is 0 Å². The number of unbranched alkanes of at least 4 members (excludes halogenated alkanes) is 13. The molecule has 0 amide bonds. The van der Waals surface area contributed by atoms with Gasteiger partial charge in [0.2, 0.25) is 0 Å². The van der Waals surface area contributed by atoms with Crippen molar-refractivity contribution in [3.05, 3.63) is 28.3 Å². The molecule has 4 nitrogen and oxygen atoms in total. The minimum Gasteiger partial charge on any atom is -0.496 e. The summed E-state index contributed by atoms with van der Waals surface area (Å²) in [6.07, 6.45) is 19.9. The second-order valence-corrected chi connectivity index (χ2v) is 8.52. The molecule has 0 saturated heterocycles. The van der Waals surface area contributed by atoms with E-state index in [1.54, 1.807) is 7.11 Å². The molecule has 0 aromatic heterocycles. The van der Waals surface area contributed by atoms with Crippen LogP contribution in [-0.4, -0.2) is 18.2 Å². The normalized spacial score (nSPS) is 10.7. The highest BCUT2D eigenvalue weighted by atomic mass is 16.5. The first kappa shape index (κ1) is 28.5. The topological polar surface area (TPSA) is 81.5 Å². The molecule has 1 aromatic rings. The molecule has 4 heteroatoms. The largest absolute Gasteiger partial charge is 0.496 e. The van der Waals surface area contributed by atoms with E-state index in [-0.39, 0.29) is 11.7 Å². The lowest BCUT2D eigenvalue weighted by atomic mass is 9.94. The number of aryl methyl sites for hydroxylation is 1. The summed E-state index contributed by atoms with van der Waals surface area (Å²) >= 11 is 0. The molecular formula is C26H47NO3. The Labute approximate surface area is 185 Å². The maximum Gasteiger partial charge on any atom is 0.339 e. The van der Waals surface area contributed by atoms with Gasteiger partial charge in [-0.25, -0.2) is 4.79 Å². The molecule has 0 spiro atoms. The van der Waals surface area contributed by atoms with Crippen LogP contribution in [0.25, 0.3) is 0 Å². The SMILES string of the molecule is CCCCCCCCCCCCCCCCc1cc(C(=O)O)c(OC)c(C)c1C.N. The summed E-state index contributed by atoms with van der Waals surface area (Å²) in [7, 11) is 1.54. The first-order valence-electron chi connectivity index (χ1n) is 11.9. The Hall–Kier alpha value is -1.55. The number of ether oxygens (including phenoxy) is 1. The van der Waals surface area contributed by atoms with Gasteiger partial charge in [0.25, 0.3) is 0 Å². The van der Waals surface area contributed by atoms with E-state index >= 15 is 0 Å². The Bertz CT molecular complexity index is 598. The van der Waals surface area contributed by atoms with Crippen LogP contribution in [0.15, 0.2) is 6.07 Å². The highest BCUT2D eigenvalue weighted by Gasteiger charge is 2.17. The van der Waals surface area contributed by atoms with Gasteiger partial charge in [-0.1, -0.05) is 90.4 Å². The Morgan fingerprint density at radius 1 is 0.800 bits per heavy atom. The Morgan fingerprint density at radius 3 is 1.63 bits per heavy atom. The predicted octanol–water partition coefficient (Wildman–Crippen LogP) is 8.20. The molecule has 4 N–H and O–H groups in total. The van der Waals surface area contributed by atoms with Gasteiger partial charge in [0.1, 0.15) is 11.3 Å². The number of hydrogen-bond acceptors (Lipinski definition) is 3. The molecular weight excluding hydrogens is 374 g/mol. The fourth-order valence-corrected chi connectivity index (χ4v) is 4.15. The Balaban J connectivity index is 0.00000841. The molecule has 0 aliphatic heterocycles. The molecule has 0 aliphatic carbocycles. The molecule has 0 radical (unpaired) electrons. The fourth-order valence-electron chi connectivity index (χ4n) is 4.15. The van der Waals surface area contributed by atoms with E-state index in [2.05, 4.69) is 13.8 Å². The van der Waals surface area contributed by atoms with Gasteiger partial charge in [0.05, 0.1) is 7.11 Å². The second kappa shape index (κ2) is 17.2. The van der Waals surface area contributed by atoms with Crippen LogP contribution in [0.2, 0.25) is 0 Å². The van der Waals surface area contributed by atoms with Crippen molar-refractivity contribution < 1.29 is 14.6 Å². The van der Waals surface area contributed by atoms with Gasteiger partial charge in [0, 0.05) is 0 Å². The van der Waals surface area contributed by atoms with Crippen molar-refractivity contribution in [3.63, 3.8) is 0 Å². The van der Waals surface area contributed by atoms with E-state index in [0.29, 0.717) is 5.75 Å². The van der Waals surface area contributed by atoms with Crippen LogP contribution < -0.4 is 10.9 Å². The van der Waals surface area contributed by atoms with Crippen LogP contribution in [0.1, 0.15) is 124 Å². The Morgan fingerprint density at radius 2 is 1.23 bits per heavy atom. The molecule has 1 rings (SSSR count). The average Bonchev–Trinajstić information content (AvgIpc) is 2.70. The highest BCUT2D eigenvalue weighted by Crippen LogP contribution is 2.30. The van der Waals surface area contributed by atoms with Crippen LogP contribution in [0.4, 0.5) is 0 Å². The number of benzene rings is 1. The van der Waals surface area contributed by atoms with E-state index in [4.69, 9.17) is 4.74 Å². The van der Waals surface area contributed by atoms with Crippen molar-refractivity contribution in [2.45, 2.75) is 117 Å². The molecule has 0 fully saturated rings. The smallest absolute Gasteiger partial charge is 0.339 e. The summed E-state index contributed by atoms with van der Waals surface area (Å²) in [6, 6.07) is 1.81. The fraction of sp³-hybridized carbons (Fsp3) is 0.731. The lowest BCUT2D eigenvalue weighted by Crippen LogP contribution is -2.06. The number of carbonyl (C=O) groups is 1. The van der Waals surface area contributed by atoms with E-state index in [1.807, 2.05) is 13.0 Å². The van der Waals surface area contributed by atoms with Crippen LogP contribution in [0, 0.1) is 13.8 Å². The molecule has 0 atom stereocenters. The quantitative estimate of drug-likeness (QED) is 0.248. The zero-order valence-electron chi connectivity index (χ0n) is 20.2. The van der Waals surface area contributed by atoms with Crippen molar-refractivity contribution in [1.82, 2.24) is 6.15 Å². The summed E-state index contributed by atoms with van der Waals surface area (Å²) in [6.45, 7) is 6.30. The van der Waals surface area contributed by atoms with Gasteiger partial charge in [0.15, 0.2) is 0 Å². The zero-order chi connectivity index (χ0) is 21.5. The number of hydrogen-bond donors (Lipinski definition) is 2. The Kier molecular flexibility index (Phi) is 16.3. The standard InChI is InChI=1S/C26H44O3.H3N/c1-5-6-7-8-9-10-11-12-13-14-15-16-17-18-19-23-20-24(26(27)28)25(29-4)22(3)21(23)2;/h20H,5-19H2,1-4H3,(H,27,28);1H3. The summed E-state index contributed by atoms with van der Waals surface area (Å²) in [5, 5.41) is 9.45. The molecule has 30 heavy (non-hydrogen) atoms. The first-order valence-corrected chi connectivity index (χ1v) is 11.9. The van der Waals surface area contributed by atoms with Gasteiger partial charge in [-0.2, -0.15) is 0 Å². The van der Waals surface area contributed by atoms with Crippen molar-refractivity contribution >= 4 is 5.97 Å². The third-order valence-corrected chi connectivity index (χ3v) is 6.18. The molecule has 0 saturated carbocycles. The van der Waals surface area contributed by atoms with Gasteiger partial charge in [-0.05, 0) is 49.4 Å². The maximum absolute atomic E-state index is 11.5. The predicted molar refractivity (Wildman–Crippen MR) is 128 cm³/mol. The summed E-state index contributed by atoms with van der Waals surface area (Å²) < 4.78 is 5.32. The molecule has 0 bridgehead atoms. The molecule has 174 valence electrons. The molecule has 0 aliphatic rings. The van der Waals surface area contributed by atoms with E-state index < -0.39 is 5.97 Å². The minimum atomic E-state index is -0.910.